The first-order valence-corrected chi connectivity index (χ1v) is 5.43. The molecule has 0 aromatic heterocycles. The molecule has 0 aliphatic carbocycles. The van der Waals surface area contributed by atoms with E-state index in [1.165, 1.54) is 0 Å². The maximum atomic E-state index is 12.0. The summed E-state index contributed by atoms with van der Waals surface area (Å²) in [6, 6.07) is 5.01. The molecular formula is C12H14N2O3. The van der Waals surface area contributed by atoms with E-state index in [1.54, 1.807) is 25.2 Å². The molecule has 1 saturated heterocycles. The van der Waals surface area contributed by atoms with Gasteiger partial charge >= 0.3 is 0 Å². The number of benzene rings is 1. The van der Waals surface area contributed by atoms with Gasteiger partial charge in [-0.25, -0.2) is 0 Å². The van der Waals surface area contributed by atoms with Crippen LogP contribution in [0.3, 0.4) is 0 Å². The molecule has 1 aliphatic rings. The largest absolute Gasteiger partial charge is 0.427 e. The molecule has 2 N–H and O–H groups in total. The highest BCUT2D eigenvalue weighted by molar-refractivity contribution is 5.99. The first-order valence-electron chi connectivity index (χ1n) is 5.43. The molecule has 1 aromatic carbocycles. The Morgan fingerprint density at radius 2 is 2.29 bits per heavy atom. The van der Waals surface area contributed by atoms with Gasteiger partial charge in [-0.3, -0.25) is 9.59 Å². The number of carbonyl (C=O) groups is 2. The molecular weight excluding hydrogens is 220 g/mol. The highest BCUT2D eigenvalue weighted by Gasteiger charge is 2.26. The van der Waals surface area contributed by atoms with E-state index >= 15 is 0 Å². The first kappa shape index (κ1) is 11.6. The molecule has 0 unspecified atom stereocenters. The first-order chi connectivity index (χ1) is 8.26. The van der Waals surface area contributed by atoms with Crippen molar-refractivity contribution in [1.29, 1.82) is 0 Å². The Morgan fingerprint density at radius 1 is 1.53 bits per heavy atom. The minimum Gasteiger partial charge on any atom is -0.427 e. The van der Waals surface area contributed by atoms with Crippen LogP contribution in [0, 0.1) is 5.92 Å². The topological polar surface area (TPSA) is 67.4 Å². The summed E-state index contributed by atoms with van der Waals surface area (Å²) in [6.07, 6.45) is 0. The van der Waals surface area contributed by atoms with Crippen LogP contribution in [0.1, 0.15) is 10.4 Å². The maximum Gasteiger partial charge on any atom is 0.298 e. The van der Waals surface area contributed by atoms with Crippen molar-refractivity contribution in [2.24, 2.45) is 5.92 Å². The van der Waals surface area contributed by atoms with Crippen LogP contribution >= 0.6 is 0 Å². The summed E-state index contributed by atoms with van der Waals surface area (Å²) in [5.74, 6) is 0.612. The zero-order valence-electron chi connectivity index (χ0n) is 9.53. The van der Waals surface area contributed by atoms with Crippen LogP contribution in [0.25, 0.3) is 0 Å². The molecule has 90 valence electrons. The molecule has 0 bridgehead atoms. The third-order valence-electron chi connectivity index (χ3n) is 2.86. The van der Waals surface area contributed by atoms with Crippen LogP contribution in [0.5, 0.6) is 5.75 Å². The second-order valence-electron chi connectivity index (χ2n) is 3.89. The van der Waals surface area contributed by atoms with E-state index in [1.807, 2.05) is 0 Å². The summed E-state index contributed by atoms with van der Waals surface area (Å²) in [5.41, 5.74) is 1.27. The van der Waals surface area contributed by atoms with Crippen molar-refractivity contribution in [2.75, 3.05) is 25.5 Å². The number of rotatable bonds is 5. The third kappa shape index (κ3) is 2.29. The van der Waals surface area contributed by atoms with Gasteiger partial charge in [-0.1, -0.05) is 0 Å². The summed E-state index contributed by atoms with van der Waals surface area (Å²) >= 11 is 0. The standard InChI is InChI=1S/C12H14N2O3/c1-13-10-4-8(2-3-11(10)17-7-15)12(16)9-5-14-6-9/h2-4,7,9,13-14H,5-6H2,1H3. The van der Waals surface area contributed by atoms with Crippen molar-refractivity contribution in [3.63, 3.8) is 0 Å². The van der Waals surface area contributed by atoms with E-state index in [9.17, 15) is 9.59 Å². The summed E-state index contributed by atoms with van der Waals surface area (Å²) < 4.78 is 4.80. The van der Waals surface area contributed by atoms with Crippen molar-refractivity contribution >= 4 is 17.9 Å². The fourth-order valence-electron chi connectivity index (χ4n) is 1.74. The number of anilines is 1. The zero-order valence-corrected chi connectivity index (χ0v) is 9.53. The SMILES string of the molecule is CNc1cc(C(=O)C2CNC2)ccc1OC=O. The Balaban J connectivity index is 2.23. The molecule has 17 heavy (non-hydrogen) atoms. The average Bonchev–Trinajstić information content (AvgIpc) is 2.27. The van der Waals surface area contributed by atoms with Crippen LogP contribution in [0.2, 0.25) is 0 Å². The smallest absolute Gasteiger partial charge is 0.298 e. The lowest BCUT2D eigenvalue weighted by Gasteiger charge is -2.25. The van der Waals surface area contributed by atoms with Gasteiger partial charge in [-0.15, -0.1) is 0 Å². The number of ketones is 1. The van der Waals surface area contributed by atoms with Crippen molar-refractivity contribution in [3.05, 3.63) is 23.8 Å². The van der Waals surface area contributed by atoms with Crippen molar-refractivity contribution in [2.45, 2.75) is 0 Å². The molecule has 0 atom stereocenters. The number of ether oxygens (including phenoxy) is 1. The predicted molar refractivity (Wildman–Crippen MR) is 63.4 cm³/mol. The number of hydrogen-bond donors (Lipinski definition) is 2. The van der Waals surface area contributed by atoms with Crippen LogP contribution in [0.15, 0.2) is 18.2 Å². The van der Waals surface area contributed by atoms with Crippen LogP contribution in [-0.4, -0.2) is 32.4 Å². The van der Waals surface area contributed by atoms with Gasteiger partial charge in [0.25, 0.3) is 6.47 Å². The molecule has 5 nitrogen and oxygen atoms in total. The van der Waals surface area contributed by atoms with Gasteiger partial charge in [0.2, 0.25) is 0 Å². The molecule has 2 rings (SSSR count). The Bertz CT molecular complexity index is 441. The predicted octanol–water partition coefficient (Wildman–Crippen LogP) is 0.666. The molecule has 0 spiro atoms. The number of Topliss-reactive ketones (excluding diaryl/α,β-unsaturated/α-hetero) is 1. The fraction of sp³-hybridized carbons (Fsp3) is 0.333. The van der Waals surface area contributed by atoms with Gasteiger partial charge in [0.05, 0.1) is 5.69 Å². The minimum atomic E-state index is 0.0672. The van der Waals surface area contributed by atoms with Gasteiger partial charge in [0.15, 0.2) is 11.5 Å². The van der Waals surface area contributed by atoms with E-state index in [-0.39, 0.29) is 11.7 Å². The van der Waals surface area contributed by atoms with E-state index in [2.05, 4.69) is 10.6 Å². The highest BCUT2D eigenvalue weighted by Crippen LogP contribution is 2.26. The van der Waals surface area contributed by atoms with Crippen molar-refractivity contribution in [1.82, 2.24) is 5.32 Å². The van der Waals surface area contributed by atoms with Crippen molar-refractivity contribution < 1.29 is 14.3 Å². The second kappa shape index (κ2) is 4.97. The number of nitrogens with one attached hydrogen (secondary N) is 2. The summed E-state index contributed by atoms with van der Waals surface area (Å²) in [4.78, 5) is 22.3. The lowest BCUT2D eigenvalue weighted by Crippen LogP contribution is -2.46. The second-order valence-corrected chi connectivity index (χ2v) is 3.89. The molecule has 0 radical (unpaired) electrons. The van der Waals surface area contributed by atoms with Crippen LogP contribution < -0.4 is 15.4 Å². The molecule has 1 aromatic rings. The molecule has 1 fully saturated rings. The van der Waals surface area contributed by atoms with E-state index < -0.39 is 0 Å². The monoisotopic (exact) mass is 234 g/mol. The van der Waals surface area contributed by atoms with Gasteiger partial charge < -0.3 is 15.4 Å². The third-order valence-corrected chi connectivity index (χ3v) is 2.86. The highest BCUT2D eigenvalue weighted by atomic mass is 16.5. The van der Waals surface area contributed by atoms with E-state index in [4.69, 9.17) is 4.74 Å². The molecule has 1 aliphatic heterocycles. The van der Waals surface area contributed by atoms with Crippen molar-refractivity contribution in [3.8, 4) is 5.75 Å². The van der Waals surface area contributed by atoms with Gasteiger partial charge in [-0.05, 0) is 18.2 Å². The quantitative estimate of drug-likeness (QED) is 0.579. The van der Waals surface area contributed by atoms with Crippen LogP contribution in [0.4, 0.5) is 5.69 Å². The van der Waals surface area contributed by atoms with Crippen LogP contribution in [-0.2, 0) is 4.79 Å². The minimum absolute atomic E-state index is 0.0672. The summed E-state index contributed by atoms with van der Waals surface area (Å²) in [5, 5.41) is 5.96. The zero-order chi connectivity index (χ0) is 12.3. The normalized spacial score (nSPS) is 14.9. The summed E-state index contributed by atoms with van der Waals surface area (Å²) in [6.45, 7) is 1.84. The van der Waals surface area contributed by atoms with Gasteiger partial charge in [-0.2, -0.15) is 0 Å². The number of carbonyl (C=O) groups excluding carboxylic acids is 2. The Hall–Kier alpha value is -1.88. The van der Waals surface area contributed by atoms with E-state index in [0.717, 1.165) is 13.1 Å². The fourth-order valence-corrected chi connectivity index (χ4v) is 1.74. The lowest BCUT2D eigenvalue weighted by atomic mass is 9.92. The number of hydrogen-bond acceptors (Lipinski definition) is 5. The average molecular weight is 234 g/mol. The Morgan fingerprint density at radius 3 is 2.82 bits per heavy atom. The molecule has 0 amide bonds. The lowest BCUT2D eigenvalue weighted by molar-refractivity contribution is -0.120. The Kier molecular flexibility index (Phi) is 3.39. The summed E-state index contributed by atoms with van der Waals surface area (Å²) in [7, 11) is 1.71. The molecule has 0 saturated carbocycles. The Labute approximate surface area is 99.2 Å². The molecule has 1 heterocycles. The van der Waals surface area contributed by atoms with E-state index in [0.29, 0.717) is 23.5 Å². The maximum absolute atomic E-state index is 12.0. The van der Waals surface area contributed by atoms with Gasteiger partial charge in [0, 0.05) is 31.6 Å². The molecule has 5 heteroatoms. The van der Waals surface area contributed by atoms with Gasteiger partial charge in [0.1, 0.15) is 0 Å².